The third-order valence-electron chi connectivity index (χ3n) is 19.0. The number of unbranched alkanes of at least 4 members (excludes halogenated alkanes) is 40. The van der Waals surface area contributed by atoms with E-state index in [1.54, 1.807) is 0 Å². The van der Waals surface area contributed by atoms with E-state index in [1.165, 1.54) is 199 Å². The molecule has 0 spiro atoms. The highest BCUT2D eigenvalue weighted by molar-refractivity contribution is 7.47. The van der Waals surface area contributed by atoms with Crippen LogP contribution in [0.1, 0.15) is 402 Å². The van der Waals surface area contributed by atoms with Crippen molar-refractivity contribution in [3.8, 4) is 0 Å². The van der Waals surface area contributed by atoms with Gasteiger partial charge in [-0.15, -0.1) is 0 Å². The van der Waals surface area contributed by atoms with Crippen molar-refractivity contribution in [3.63, 3.8) is 0 Å². The Bertz CT molecular complexity index is 1920. The van der Waals surface area contributed by atoms with Gasteiger partial charge in [-0.25, -0.2) is 9.13 Å². The molecule has 19 heteroatoms. The first-order valence-electron chi connectivity index (χ1n) is 40.8. The average molecular weight is 1440 g/mol. The minimum absolute atomic E-state index is 0.106. The quantitative estimate of drug-likeness (QED) is 0.0222. The van der Waals surface area contributed by atoms with Crippen LogP contribution in [-0.2, 0) is 65.4 Å². The minimum Gasteiger partial charge on any atom is -0.462 e. The van der Waals surface area contributed by atoms with Crippen molar-refractivity contribution in [2.24, 2.45) is 23.7 Å². The smallest absolute Gasteiger partial charge is 0.462 e. The van der Waals surface area contributed by atoms with Gasteiger partial charge in [-0.1, -0.05) is 351 Å². The predicted octanol–water partition coefficient (Wildman–Crippen LogP) is 23.2. The highest BCUT2D eigenvalue weighted by Gasteiger charge is 2.30. The molecular weight excluding hydrogens is 1280 g/mol. The van der Waals surface area contributed by atoms with E-state index in [1.807, 2.05) is 0 Å². The number of aliphatic hydroxyl groups is 1. The van der Waals surface area contributed by atoms with E-state index in [0.29, 0.717) is 25.7 Å². The second-order valence-corrected chi connectivity index (χ2v) is 32.8. The van der Waals surface area contributed by atoms with Gasteiger partial charge in [-0.3, -0.25) is 37.3 Å². The molecule has 0 aromatic heterocycles. The summed E-state index contributed by atoms with van der Waals surface area (Å²) < 4.78 is 68.6. The maximum atomic E-state index is 13.1. The molecule has 0 rings (SSSR count). The summed E-state index contributed by atoms with van der Waals surface area (Å²) in [5, 5.41) is 10.6. The van der Waals surface area contributed by atoms with Crippen molar-refractivity contribution in [1.29, 1.82) is 0 Å². The Kier molecular flexibility index (Phi) is 66.8. The molecule has 0 aromatic carbocycles. The summed E-state index contributed by atoms with van der Waals surface area (Å²) in [5.74, 6) is 1.01. The fourth-order valence-corrected chi connectivity index (χ4v) is 13.6. The van der Waals surface area contributed by atoms with Crippen molar-refractivity contribution in [2.45, 2.75) is 420 Å². The zero-order chi connectivity index (χ0) is 72.4. The molecule has 0 saturated heterocycles. The summed E-state index contributed by atoms with van der Waals surface area (Å²) in [6.45, 7) is 14.3. The van der Waals surface area contributed by atoms with E-state index in [-0.39, 0.29) is 25.7 Å². The number of aliphatic hydroxyl groups excluding tert-OH is 1. The lowest BCUT2D eigenvalue weighted by atomic mass is 9.99. The average Bonchev–Trinajstić information content (AvgIpc) is 0.958. The maximum Gasteiger partial charge on any atom is 0.472 e. The number of phosphoric ester groups is 2. The van der Waals surface area contributed by atoms with Crippen molar-refractivity contribution in [2.75, 3.05) is 39.6 Å². The van der Waals surface area contributed by atoms with Gasteiger partial charge in [0.1, 0.15) is 19.3 Å². The molecule has 0 aliphatic heterocycles. The largest absolute Gasteiger partial charge is 0.472 e. The van der Waals surface area contributed by atoms with Gasteiger partial charge in [-0.2, -0.15) is 0 Å². The van der Waals surface area contributed by atoms with Gasteiger partial charge in [0.25, 0.3) is 0 Å². The second kappa shape index (κ2) is 68.2. The van der Waals surface area contributed by atoms with Gasteiger partial charge >= 0.3 is 39.5 Å². The molecule has 98 heavy (non-hydrogen) atoms. The number of rotatable bonds is 76. The van der Waals surface area contributed by atoms with Crippen LogP contribution < -0.4 is 0 Å². The van der Waals surface area contributed by atoms with Crippen LogP contribution in [0.15, 0.2) is 0 Å². The molecule has 0 fully saturated rings. The van der Waals surface area contributed by atoms with Gasteiger partial charge in [-0.05, 0) is 49.4 Å². The number of carbonyl (C=O) groups is 4. The Morgan fingerprint density at radius 1 is 0.286 bits per heavy atom. The molecule has 3 N–H and O–H groups in total. The summed E-state index contributed by atoms with van der Waals surface area (Å²) in [7, 11) is -9.92. The Labute approximate surface area is 600 Å². The number of esters is 4. The minimum atomic E-state index is -4.96. The summed E-state index contributed by atoms with van der Waals surface area (Å²) in [6.07, 6.45) is 54.0. The zero-order valence-corrected chi connectivity index (χ0v) is 66.2. The van der Waals surface area contributed by atoms with Crippen molar-refractivity contribution >= 4 is 39.5 Å². The van der Waals surface area contributed by atoms with E-state index in [0.717, 1.165) is 120 Å². The summed E-state index contributed by atoms with van der Waals surface area (Å²) >= 11 is 0. The van der Waals surface area contributed by atoms with Crippen LogP contribution in [0.5, 0.6) is 0 Å². The van der Waals surface area contributed by atoms with Crippen LogP contribution in [-0.4, -0.2) is 96.7 Å². The summed E-state index contributed by atoms with van der Waals surface area (Å²) in [4.78, 5) is 72.9. The number of hydrogen-bond acceptors (Lipinski definition) is 15. The monoisotopic (exact) mass is 1440 g/mol. The lowest BCUT2D eigenvalue weighted by molar-refractivity contribution is -0.161. The highest BCUT2D eigenvalue weighted by atomic mass is 31.2. The predicted molar refractivity (Wildman–Crippen MR) is 400 cm³/mol. The van der Waals surface area contributed by atoms with Crippen molar-refractivity contribution in [1.82, 2.24) is 0 Å². The third kappa shape index (κ3) is 69.8. The summed E-state index contributed by atoms with van der Waals surface area (Å²) in [5.41, 5.74) is 0. The first-order chi connectivity index (χ1) is 47.2. The summed E-state index contributed by atoms with van der Waals surface area (Å²) in [6, 6.07) is 0. The molecule has 0 amide bonds. The van der Waals surface area contributed by atoms with Crippen LogP contribution in [0.2, 0.25) is 0 Å². The normalized spacial score (nSPS) is 14.6. The number of hydrogen-bond donors (Lipinski definition) is 3. The molecule has 0 radical (unpaired) electrons. The van der Waals surface area contributed by atoms with E-state index < -0.39 is 97.5 Å². The topological polar surface area (TPSA) is 237 Å². The number of ether oxygens (including phenoxy) is 4. The Balaban J connectivity index is 5.24. The van der Waals surface area contributed by atoms with Crippen molar-refractivity contribution < 1.29 is 80.2 Å². The van der Waals surface area contributed by atoms with Gasteiger partial charge in [0.05, 0.1) is 26.4 Å². The molecule has 0 aliphatic carbocycles. The lowest BCUT2D eigenvalue weighted by Gasteiger charge is -2.21. The molecule has 0 aromatic rings. The van der Waals surface area contributed by atoms with E-state index >= 15 is 0 Å². The second-order valence-electron chi connectivity index (χ2n) is 29.9. The number of phosphoric acid groups is 2. The molecule has 582 valence electrons. The molecule has 17 nitrogen and oxygen atoms in total. The highest BCUT2D eigenvalue weighted by Crippen LogP contribution is 2.45. The maximum absolute atomic E-state index is 13.1. The van der Waals surface area contributed by atoms with E-state index in [4.69, 9.17) is 37.0 Å². The van der Waals surface area contributed by atoms with Gasteiger partial charge in [0.15, 0.2) is 12.2 Å². The lowest BCUT2D eigenvalue weighted by Crippen LogP contribution is -2.30. The SMILES string of the molecule is CCC(C)CCCCCCCCCCCCCCCCC(=O)O[C@H](COC(=O)CCCCCCCCC(C)CC)COP(=O)(O)OC[C@H](O)COP(=O)(O)OC[C@@H](COC(=O)CCCCCCCCCCCCC(C)C)OC(=O)CCCCCCCCCCCCCCCCC(C)C. The first kappa shape index (κ1) is 96.1. The van der Waals surface area contributed by atoms with Crippen LogP contribution in [0.3, 0.4) is 0 Å². The standard InChI is InChI=1S/C79H154O17P2/c1-9-71(7)57-49-41-33-27-20-16-12-14-18-22-30-36-46-54-62-79(84)96-75(66-90-77(82)60-52-44-38-37-42-50-58-72(8)10-2)68-94-98(87,88)92-64-73(80)63-91-97(85,86)93-67-74(65-89-76(81)59-51-43-34-28-24-23-26-32-40-48-56-70(5)6)95-78(83)61-53-45-35-29-21-17-13-11-15-19-25-31-39-47-55-69(3)4/h69-75,80H,9-68H2,1-8H3,(H,85,86)(H,87,88)/t71?,72?,73-,74-,75-/m1/s1. The Hall–Kier alpha value is -1.94. The molecule has 0 aliphatic rings. The Morgan fingerprint density at radius 3 is 0.724 bits per heavy atom. The van der Waals surface area contributed by atoms with Gasteiger partial charge < -0.3 is 33.8 Å². The van der Waals surface area contributed by atoms with Crippen LogP contribution >= 0.6 is 15.6 Å². The third-order valence-corrected chi connectivity index (χ3v) is 20.9. The van der Waals surface area contributed by atoms with E-state index in [9.17, 15) is 43.2 Å². The number of carbonyl (C=O) groups excluding carboxylic acids is 4. The van der Waals surface area contributed by atoms with Gasteiger partial charge in [0.2, 0.25) is 0 Å². The first-order valence-corrected chi connectivity index (χ1v) is 43.8. The van der Waals surface area contributed by atoms with Crippen molar-refractivity contribution in [3.05, 3.63) is 0 Å². The zero-order valence-electron chi connectivity index (χ0n) is 64.4. The molecule has 7 atom stereocenters. The van der Waals surface area contributed by atoms with Crippen LogP contribution in [0.25, 0.3) is 0 Å². The fraction of sp³-hybridized carbons (Fsp3) is 0.949. The molecule has 0 bridgehead atoms. The fourth-order valence-electron chi connectivity index (χ4n) is 12.0. The molecule has 4 unspecified atom stereocenters. The molecular formula is C79H154O17P2. The molecule has 0 saturated carbocycles. The van der Waals surface area contributed by atoms with Crippen LogP contribution in [0.4, 0.5) is 0 Å². The Morgan fingerprint density at radius 2 is 0.490 bits per heavy atom. The van der Waals surface area contributed by atoms with Crippen LogP contribution in [0, 0.1) is 23.7 Å². The van der Waals surface area contributed by atoms with E-state index in [2.05, 4.69) is 55.4 Å². The molecule has 0 heterocycles. The van der Waals surface area contributed by atoms with Gasteiger partial charge in [0, 0.05) is 25.7 Å².